The van der Waals surface area contributed by atoms with Crippen LogP contribution in [0.5, 0.6) is 23.0 Å². The van der Waals surface area contributed by atoms with Crippen molar-refractivity contribution in [3.63, 3.8) is 0 Å². The van der Waals surface area contributed by atoms with Gasteiger partial charge < -0.3 is 15.2 Å². The maximum atomic E-state index is 6.64. The first-order valence-corrected chi connectivity index (χ1v) is 10.1. The van der Waals surface area contributed by atoms with Crippen LogP contribution in [0, 0.1) is 5.92 Å². The molecule has 0 aliphatic heterocycles. The van der Waals surface area contributed by atoms with Gasteiger partial charge in [-0.3, -0.25) is 0 Å². The summed E-state index contributed by atoms with van der Waals surface area (Å²) in [5.41, 5.74) is 7.75. The molecule has 0 amide bonds. The molecular formula is C25H27NO2. The minimum atomic E-state index is 0.0317. The molecule has 144 valence electrons. The summed E-state index contributed by atoms with van der Waals surface area (Å²) in [4.78, 5) is 0. The van der Waals surface area contributed by atoms with Crippen LogP contribution >= 0.6 is 0 Å². The molecule has 0 radical (unpaired) electrons. The lowest BCUT2D eigenvalue weighted by atomic mass is 9.81. The normalized spacial score (nSPS) is 15.8. The molecule has 0 unspecified atom stereocenters. The molecule has 1 atom stereocenters. The standard InChI is InChI=1S/C25H27NO2/c26-25(19-10-4-1-5-11-19)20-16-17-23(27-21-12-6-2-7-13-21)24(18-20)28-22-14-8-3-9-15-22/h2-3,6-9,12-19,25H,1,4-5,10-11,26H2/t25-/m0/s1. The fourth-order valence-electron chi connectivity index (χ4n) is 3.89. The SMILES string of the molecule is N[C@H](c1ccc(Oc2ccccc2)c(Oc2ccccc2)c1)C1CCCCC1. The molecule has 3 aromatic carbocycles. The zero-order valence-corrected chi connectivity index (χ0v) is 16.1. The summed E-state index contributed by atoms with van der Waals surface area (Å²) in [5, 5.41) is 0. The lowest BCUT2D eigenvalue weighted by Crippen LogP contribution is -2.23. The van der Waals surface area contributed by atoms with Crippen LogP contribution in [0.25, 0.3) is 0 Å². The molecule has 0 spiro atoms. The van der Waals surface area contributed by atoms with Gasteiger partial charge in [0.2, 0.25) is 0 Å². The number of hydrogen-bond acceptors (Lipinski definition) is 3. The third-order valence-electron chi connectivity index (χ3n) is 5.45. The first-order valence-electron chi connectivity index (χ1n) is 10.1. The fourth-order valence-corrected chi connectivity index (χ4v) is 3.89. The molecule has 0 heterocycles. The van der Waals surface area contributed by atoms with Crippen molar-refractivity contribution in [3.8, 4) is 23.0 Å². The van der Waals surface area contributed by atoms with Gasteiger partial charge in [0, 0.05) is 6.04 Å². The summed E-state index contributed by atoms with van der Waals surface area (Å²) in [6, 6.07) is 25.7. The number of ether oxygens (including phenoxy) is 2. The van der Waals surface area contributed by atoms with E-state index in [0.717, 1.165) is 17.1 Å². The molecule has 28 heavy (non-hydrogen) atoms. The predicted octanol–water partition coefficient (Wildman–Crippen LogP) is 6.85. The summed E-state index contributed by atoms with van der Waals surface area (Å²) in [5.74, 6) is 3.49. The zero-order valence-electron chi connectivity index (χ0n) is 16.1. The van der Waals surface area contributed by atoms with Crippen molar-refractivity contribution in [3.05, 3.63) is 84.4 Å². The van der Waals surface area contributed by atoms with Crippen molar-refractivity contribution in [2.75, 3.05) is 0 Å². The van der Waals surface area contributed by atoms with Crippen molar-refractivity contribution in [2.24, 2.45) is 11.7 Å². The molecule has 2 N–H and O–H groups in total. The molecule has 1 aliphatic rings. The Morgan fingerprint density at radius 1 is 0.679 bits per heavy atom. The number of rotatable bonds is 6. The second-order valence-corrected chi connectivity index (χ2v) is 7.46. The molecule has 3 heteroatoms. The number of nitrogens with two attached hydrogens (primary N) is 1. The predicted molar refractivity (Wildman–Crippen MR) is 113 cm³/mol. The van der Waals surface area contributed by atoms with E-state index in [1.165, 1.54) is 32.1 Å². The third-order valence-corrected chi connectivity index (χ3v) is 5.45. The Balaban J connectivity index is 1.63. The van der Waals surface area contributed by atoms with E-state index in [0.29, 0.717) is 17.4 Å². The summed E-state index contributed by atoms with van der Waals surface area (Å²) in [6.07, 6.45) is 6.30. The Labute approximate surface area is 167 Å². The smallest absolute Gasteiger partial charge is 0.170 e. The molecule has 0 bridgehead atoms. The van der Waals surface area contributed by atoms with Gasteiger partial charge in [-0.05, 0) is 60.7 Å². The maximum absolute atomic E-state index is 6.64. The molecule has 3 aromatic rings. The highest BCUT2D eigenvalue weighted by molar-refractivity contribution is 5.48. The zero-order chi connectivity index (χ0) is 19.2. The minimum Gasteiger partial charge on any atom is -0.453 e. The summed E-state index contributed by atoms with van der Waals surface area (Å²) >= 11 is 0. The summed E-state index contributed by atoms with van der Waals surface area (Å²) in [7, 11) is 0. The van der Waals surface area contributed by atoms with Gasteiger partial charge >= 0.3 is 0 Å². The van der Waals surface area contributed by atoms with Crippen molar-refractivity contribution in [2.45, 2.75) is 38.1 Å². The van der Waals surface area contributed by atoms with E-state index in [9.17, 15) is 0 Å². The van der Waals surface area contributed by atoms with Crippen LogP contribution in [0.2, 0.25) is 0 Å². The first-order chi connectivity index (χ1) is 13.8. The highest BCUT2D eigenvalue weighted by atomic mass is 16.5. The van der Waals surface area contributed by atoms with Gasteiger partial charge in [-0.25, -0.2) is 0 Å². The van der Waals surface area contributed by atoms with Crippen LogP contribution in [0.3, 0.4) is 0 Å². The van der Waals surface area contributed by atoms with Gasteiger partial charge in [-0.15, -0.1) is 0 Å². The summed E-state index contributed by atoms with van der Waals surface area (Å²) in [6.45, 7) is 0. The number of para-hydroxylation sites is 2. The maximum Gasteiger partial charge on any atom is 0.170 e. The molecule has 4 rings (SSSR count). The van der Waals surface area contributed by atoms with E-state index in [4.69, 9.17) is 15.2 Å². The molecule has 1 saturated carbocycles. The molecule has 0 aromatic heterocycles. The quantitative estimate of drug-likeness (QED) is 0.514. The van der Waals surface area contributed by atoms with E-state index in [1.807, 2.05) is 72.8 Å². The van der Waals surface area contributed by atoms with E-state index in [1.54, 1.807) is 0 Å². The highest BCUT2D eigenvalue weighted by Gasteiger charge is 2.23. The Kier molecular flexibility index (Phi) is 5.93. The second kappa shape index (κ2) is 8.94. The van der Waals surface area contributed by atoms with Gasteiger partial charge in [-0.2, -0.15) is 0 Å². The van der Waals surface area contributed by atoms with E-state index < -0.39 is 0 Å². The monoisotopic (exact) mass is 373 g/mol. The highest BCUT2D eigenvalue weighted by Crippen LogP contribution is 2.39. The van der Waals surface area contributed by atoms with E-state index >= 15 is 0 Å². The van der Waals surface area contributed by atoms with Crippen LogP contribution in [0.4, 0.5) is 0 Å². The largest absolute Gasteiger partial charge is 0.453 e. The lowest BCUT2D eigenvalue weighted by Gasteiger charge is -2.28. The van der Waals surface area contributed by atoms with Gasteiger partial charge in [0.25, 0.3) is 0 Å². The first kappa shape index (κ1) is 18.6. The number of benzene rings is 3. The average molecular weight is 373 g/mol. The average Bonchev–Trinajstić information content (AvgIpc) is 2.76. The van der Waals surface area contributed by atoms with Crippen molar-refractivity contribution >= 4 is 0 Å². The Bertz CT molecular complexity index is 874. The molecule has 1 aliphatic carbocycles. The third kappa shape index (κ3) is 4.55. The van der Waals surface area contributed by atoms with Crippen LogP contribution in [-0.2, 0) is 0 Å². The molecular weight excluding hydrogens is 346 g/mol. The van der Waals surface area contributed by atoms with Crippen LogP contribution in [-0.4, -0.2) is 0 Å². The van der Waals surface area contributed by atoms with Gasteiger partial charge in [0.1, 0.15) is 11.5 Å². The molecule has 3 nitrogen and oxygen atoms in total. The van der Waals surface area contributed by atoms with Crippen LogP contribution < -0.4 is 15.2 Å². The van der Waals surface area contributed by atoms with Gasteiger partial charge in [0.05, 0.1) is 0 Å². The lowest BCUT2D eigenvalue weighted by molar-refractivity contribution is 0.307. The topological polar surface area (TPSA) is 44.5 Å². The van der Waals surface area contributed by atoms with Crippen molar-refractivity contribution in [1.82, 2.24) is 0 Å². The van der Waals surface area contributed by atoms with Gasteiger partial charge in [-0.1, -0.05) is 61.7 Å². The van der Waals surface area contributed by atoms with E-state index in [-0.39, 0.29) is 6.04 Å². The molecule has 1 fully saturated rings. The van der Waals surface area contributed by atoms with Crippen LogP contribution in [0.1, 0.15) is 43.7 Å². The van der Waals surface area contributed by atoms with Crippen molar-refractivity contribution < 1.29 is 9.47 Å². The Hall–Kier alpha value is -2.78. The second-order valence-electron chi connectivity index (χ2n) is 7.46. The Morgan fingerprint density at radius 3 is 1.86 bits per heavy atom. The van der Waals surface area contributed by atoms with Gasteiger partial charge in [0.15, 0.2) is 11.5 Å². The van der Waals surface area contributed by atoms with E-state index in [2.05, 4.69) is 6.07 Å². The van der Waals surface area contributed by atoms with Crippen LogP contribution in [0.15, 0.2) is 78.9 Å². The number of hydrogen-bond donors (Lipinski definition) is 1. The van der Waals surface area contributed by atoms with Crippen molar-refractivity contribution in [1.29, 1.82) is 0 Å². The summed E-state index contributed by atoms with van der Waals surface area (Å²) < 4.78 is 12.3. The Morgan fingerprint density at radius 2 is 1.25 bits per heavy atom. The minimum absolute atomic E-state index is 0.0317. The molecule has 0 saturated heterocycles. The fraction of sp³-hybridized carbons (Fsp3) is 0.280.